The van der Waals surface area contributed by atoms with Crippen molar-refractivity contribution in [2.45, 2.75) is 108 Å². The number of carboxylic acid groups (broad SMARTS) is 2. The van der Waals surface area contributed by atoms with Gasteiger partial charge in [-0.25, -0.2) is 4.79 Å². The summed E-state index contributed by atoms with van der Waals surface area (Å²) < 4.78 is 0. The molecule has 1 aromatic carbocycles. The Hall–Kier alpha value is -7.26. The van der Waals surface area contributed by atoms with Gasteiger partial charge in [-0.2, -0.15) is 0 Å². The number of hydrogen-bond acceptors (Lipinski definition) is 15. The molecule has 0 aromatic heterocycles. The second-order valence-electron chi connectivity index (χ2n) is 15.3. The molecular formula is C39H59N11O16. The largest absolute Gasteiger partial charge is 0.481 e. The Balaban J connectivity index is 2.99. The third kappa shape index (κ3) is 21.9. The predicted octanol–water partition coefficient (Wildman–Crippen LogP) is -7.18. The van der Waals surface area contributed by atoms with Crippen molar-refractivity contribution in [1.29, 1.82) is 0 Å². The van der Waals surface area contributed by atoms with Gasteiger partial charge in [-0.05, 0) is 31.2 Å². The van der Waals surface area contributed by atoms with Crippen LogP contribution in [0.3, 0.4) is 0 Å². The number of aliphatic hydroxyl groups is 2. The molecule has 10 amide bonds. The summed E-state index contributed by atoms with van der Waals surface area (Å²) in [6, 6.07) is -2.88. The second kappa shape index (κ2) is 28.5. The Labute approximate surface area is 377 Å². The predicted molar refractivity (Wildman–Crippen MR) is 226 cm³/mol. The molecule has 1 aromatic rings. The van der Waals surface area contributed by atoms with Crippen LogP contribution in [0.2, 0.25) is 0 Å². The van der Waals surface area contributed by atoms with Crippen molar-refractivity contribution in [2.75, 3.05) is 19.7 Å². The fourth-order valence-electron chi connectivity index (χ4n) is 5.74. The van der Waals surface area contributed by atoms with E-state index < -0.39 is 165 Å². The summed E-state index contributed by atoms with van der Waals surface area (Å²) in [6.45, 7) is 1.68. The van der Waals surface area contributed by atoms with Gasteiger partial charge in [-0.1, -0.05) is 44.2 Å². The van der Waals surface area contributed by atoms with E-state index in [1.54, 1.807) is 44.2 Å². The number of benzene rings is 1. The van der Waals surface area contributed by atoms with Crippen LogP contribution in [0.4, 0.5) is 0 Å². The van der Waals surface area contributed by atoms with E-state index in [1.807, 2.05) is 0 Å². The average Bonchev–Trinajstić information content (AvgIpc) is 3.22. The zero-order chi connectivity index (χ0) is 50.3. The normalized spacial score (nSPS) is 14.5. The van der Waals surface area contributed by atoms with Crippen LogP contribution < -0.4 is 59.7 Å². The first-order chi connectivity index (χ1) is 30.8. The Morgan fingerprint density at radius 3 is 1.59 bits per heavy atom. The lowest BCUT2D eigenvalue weighted by molar-refractivity contribution is -0.142. The number of carboxylic acids is 2. The van der Waals surface area contributed by atoms with Crippen LogP contribution in [0, 0.1) is 5.92 Å². The number of nitrogens with two attached hydrogens (primary N) is 3. The highest BCUT2D eigenvalue weighted by Gasteiger charge is 2.34. The van der Waals surface area contributed by atoms with Crippen molar-refractivity contribution in [1.82, 2.24) is 42.5 Å². The topological polar surface area (TPSA) is 460 Å². The highest BCUT2D eigenvalue weighted by atomic mass is 16.4. The molecule has 0 saturated heterocycles. The van der Waals surface area contributed by atoms with E-state index >= 15 is 0 Å². The van der Waals surface area contributed by atoms with Gasteiger partial charge >= 0.3 is 11.9 Å². The summed E-state index contributed by atoms with van der Waals surface area (Å²) in [7, 11) is 0. The summed E-state index contributed by atoms with van der Waals surface area (Å²) >= 11 is 0. The van der Waals surface area contributed by atoms with Gasteiger partial charge in [-0.15, -0.1) is 0 Å². The maximum atomic E-state index is 13.4. The number of amides is 10. The molecule has 27 heteroatoms. The first-order valence-electron chi connectivity index (χ1n) is 20.3. The molecule has 0 aliphatic heterocycles. The molecule has 0 fully saturated rings. The van der Waals surface area contributed by atoms with Gasteiger partial charge in [0.2, 0.25) is 59.1 Å². The zero-order valence-corrected chi connectivity index (χ0v) is 36.4. The molecule has 66 heavy (non-hydrogen) atoms. The van der Waals surface area contributed by atoms with Crippen molar-refractivity contribution in [3.63, 3.8) is 0 Å². The molecule has 0 bridgehead atoms. The summed E-state index contributed by atoms with van der Waals surface area (Å²) in [4.78, 5) is 150. The summed E-state index contributed by atoms with van der Waals surface area (Å²) in [6.07, 6.45) is -4.39. The van der Waals surface area contributed by atoms with Crippen LogP contribution in [0.25, 0.3) is 0 Å². The monoisotopic (exact) mass is 937 g/mol. The Morgan fingerprint density at radius 1 is 0.591 bits per heavy atom. The van der Waals surface area contributed by atoms with E-state index in [2.05, 4.69) is 42.5 Å². The van der Waals surface area contributed by atoms with Gasteiger partial charge < -0.3 is 80.2 Å². The molecule has 0 aliphatic carbocycles. The molecule has 0 unspecified atom stereocenters. The Kier molecular flexibility index (Phi) is 24.5. The molecule has 1 rings (SSSR count). The third-order valence-corrected chi connectivity index (χ3v) is 9.08. The van der Waals surface area contributed by atoms with Crippen LogP contribution in [-0.4, -0.2) is 160 Å². The smallest absolute Gasteiger partial charge is 0.326 e. The minimum atomic E-state index is -1.76. The van der Waals surface area contributed by atoms with Crippen LogP contribution in [0.1, 0.15) is 58.4 Å². The molecule has 0 saturated carbocycles. The van der Waals surface area contributed by atoms with Crippen molar-refractivity contribution < 1.29 is 78.0 Å². The van der Waals surface area contributed by atoms with E-state index in [0.29, 0.717) is 5.56 Å². The highest BCUT2D eigenvalue weighted by Crippen LogP contribution is 2.08. The van der Waals surface area contributed by atoms with Crippen molar-refractivity contribution in [2.24, 2.45) is 23.1 Å². The van der Waals surface area contributed by atoms with Crippen LogP contribution in [0.15, 0.2) is 30.3 Å². The molecular weight excluding hydrogens is 878 g/mol. The lowest BCUT2D eigenvalue weighted by Crippen LogP contribution is -2.60. The standard InChI is InChI=1S/C39H59N11O16/c1-18(2)11-23(47-37(63)26(17-51)49-33(59)21(40)13-27(41)53)36(62)50-32(19(3)52)38(64)44-16-29(55)45-22(9-10-31(57)58)34(60)43-15-30(56)46-24(14-28(42)54)35(61)48-25(39(65)66)12-20-7-5-4-6-8-20/h4-8,18-19,21-26,32,51-52H,9-17,40H2,1-3H3,(H2,41,53)(H2,42,54)(H,43,60)(H,44,64)(H,45,55)(H,46,56)(H,47,63)(H,48,61)(H,49,59)(H,50,62)(H,57,58)(H,65,66)/t19-,21+,22+,23+,24+,25+,26+,32+/m1/s1. The van der Waals surface area contributed by atoms with Crippen LogP contribution >= 0.6 is 0 Å². The fraction of sp³-hybridized carbons (Fsp3) is 0.538. The quantitative estimate of drug-likeness (QED) is 0.0341. The maximum Gasteiger partial charge on any atom is 0.326 e. The highest BCUT2D eigenvalue weighted by molar-refractivity contribution is 5.98. The van der Waals surface area contributed by atoms with E-state index in [-0.39, 0.29) is 18.8 Å². The number of aliphatic carboxylic acids is 2. The van der Waals surface area contributed by atoms with E-state index in [4.69, 9.17) is 17.2 Å². The molecule has 0 radical (unpaired) electrons. The number of aliphatic hydroxyl groups excluding tert-OH is 2. The molecule has 366 valence electrons. The van der Waals surface area contributed by atoms with Crippen LogP contribution in [-0.2, 0) is 64.0 Å². The van der Waals surface area contributed by atoms with Gasteiger partial charge in [0, 0.05) is 12.8 Å². The van der Waals surface area contributed by atoms with E-state index in [9.17, 15) is 78.0 Å². The SMILES string of the molecule is CC(C)C[C@H](NC(=O)[C@H](CO)NC(=O)[C@@H](N)CC(N)=O)C(=O)N[C@H](C(=O)NCC(=O)N[C@@H](CCC(=O)O)C(=O)NCC(=O)N[C@@H](CC(N)=O)C(=O)N[C@@H](Cc1ccccc1)C(=O)O)[C@@H](C)O. The summed E-state index contributed by atoms with van der Waals surface area (Å²) in [5, 5.41) is 56.5. The van der Waals surface area contributed by atoms with E-state index in [1.165, 1.54) is 0 Å². The summed E-state index contributed by atoms with van der Waals surface area (Å²) in [5.74, 6) is -13.6. The first-order valence-corrected chi connectivity index (χ1v) is 20.3. The molecule has 27 nitrogen and oxygen atoms in total. The Bertz CT molecular complexity index is 1920. The minimum Gasteiger partial charge on any atom is -0.481 e. The average molecular weight is 938 g/mol. The zero-order valence-electron chi connectivity index (χ0n) is 36.4. The van der Waals surface area contributed by atoms with Gasteiger partial charge in [0.25, 0.3) is 0 Å². The lowest BCUT2D eigenvalue weighted by Gasteiger charge is -2.27. The Morgan fingerprint density at radius 2 is 1.09 bits per heavy atom. The molecule has 0 spiro atoms. The number of primary amides is 2. The van der Waals surface area contributed by atoms with Crippen molar-refractivity contribution >= 4 is 71.0 Å². The molecule has 18 N–H and O–H groups in total. The number of rotatable bonds is 30. The molecule has 0 heterocycles. The number of carbonyl (C=O) groups excluding carboxylic acids is 10. The van der Waals surface area contributed by atoms with Gasteiger partial charge in [0.15, 0.2) is 0 Å². The molecule has 0 aliphatic rings. The first kappa shape index (κ1) is 56.8. The van der Waals surface area contributed by atoms with Gasteiger partial charge in [-0.3, -0.25) is 52.7 Å². The molecule has 8 atom stereocenters. The summed E-state index contributed by atoms with van der Waals surface area (Å²) in [5.41, 5.74) is 16.4. The lowest BCUT2D eigenvalue weighted by atomic mass is 10.0. The van der Waals surface area contributed by atoms with Gasteiger partial charge in [0.05, 0.1) is 44.7 Å². The minimum absolute atomic E-state index is 0.0610. The fourth-order valence-corrected chi connectivity index (χ4v) is 5.74. The van der Waals surface area contributed by atoms with Crippen molar-refractivity contribution in [3.8, 4) is 0 Å². The van der Waals surface area contributed by atoms with Crippen LogP contribution in [0.5, 0.6) is 0 Å². The third-order valence-electron chi connectivity index (χ3n) is 9.08. The number of nitrogens with one attached hydrogen (secondary N) is 8. The second-order valence-corrected chi connectivity index (χ2v) is 15.3. The number of carbonyl (C=O) groups is 12. The number of hydrogen-bond donors (Lipinski definition) is 15. The van der Waals surface area contributed by atoms with Crippen molar-refractivity contribution in [3.05, 3.63) is 35.9 Å². The van der Waals surface area contributed by atoms with E-state index in [0.717, 1.165) is 6.92 Å². The van der Waals surface area contributed by atoms with Gasteiger partial charge in [0.1, 0.15) is 36.3 Å². The maximum absolute atomic E-state index is 13.4.